The van der Waals surface area contributed by atoms with Crippen LogP contribution in [-0.2, 0) is 11.8 Å². The molecular formula is C10H16N2OS. The SMILES string of the molecule is CSC1CCOC(c2cnn(C)c2)C1. The fraction of sp³-hybridized carbons (Fsp3) is 0.700. The lowest BCUT2D eigenvalue weighted by atomic mass is 10.0. The average molecular weight is 212 g/mol. The van der Waals surface area contributed by atoms with Crippen LogP contribution in [0.2, 0.25) is 0 Å². The van der Waals surface area contributed by atoms with Crippen LogP contribution in [0, 0.1) is 0 Å². The molecule has 0 aliphatic carbocycles. The molecule has 0 spiro atoms. The highest BCUT2D eigenvalue weighted by Gasteiger charge is 2.23. The van der Waals surface area contributed by atoms with Gasteiger partial charge in [0.2, 0.25) is 0 Å². The molecule has 0 amide bonds. The highest BCUT2D eigenvalue weighted by atomic mass is 32.2. The van der Waals surface area contributed by atoms with Crippen LogP contribution in [0.5, 0.6) is 0 Å². The summed E-state index contributed by atoms with van der Waals surface area (Å²) in [7, 11) is 1.94. The van der Waals surface area contributed by atoms with Crippen LogP contribution in [0.3, 0.4) is 0 Å². The zero-order chi connectivity index (χ0) is 9.97. The van der Waals surface area contributed by atoms with Crippen molar-refractivity contribution in [2.24, 2.45) is 7.05 Å². The van der Waals surface area contributed by atoms with Gasteiger partial charge in [-0.2, -0.15) is 16.9 Å². The molecule has 1 saturated heterocycles. The smallest absolute Gasteiger partial charge is 0.0865 e. The van der Waals surface area contributed by atoms with Crippen LogP contribution in [0.1, 0.15) is 24.5 Å². The number of aryl methyl sites for hydroxylation is 1. The third kappa shape index (κ3) is 2.12. The maximum absolute atomic E-state index is 5.74. The predicted octanol–water partition coefficient (Wildman–Crippen LogP) is 2.00. The third-order valence-electron chi connectivity index (χ3n) is 2.67. The zero-order valence-corrected chi connectivity index (χ0v) is 9.46. The molecule has 0 aromatic carbocycles. The van der Waals surface area contributed by atoms with E-state index in [0.717, 1.165) is 18.3 Å². The number of nitrogens with zero attached hydrogens (tertiary/aromatic N) is 2. The summed E-state index contributed by atoms with van der Waals surface area (Å²) in [6.07, 6.45) is 8.69. The van der Waals surface area contributed by atoms with Gasteiger partial charge in [-0.15, -0.1) is 0 Å². The van der Waals surface area contributed by atoms with Crippen LogP contribution in [-0.4, -0.2) is 27.9 Å². The Hall–Kier alpha value is -0.480. The highest BCUT2D eigenvalue weighted by molar-refractivity contribution is 7.99. The molecule has 0 saturated carbocycles. The molecular weight excluding hydrogens is 196 g/mol. The van der Waals surface area contributed by atoms with Crippen molar-refractivity contribution in [2.75, 3.05) is 12.9 Å². The Morgan fingerprint density at radius 1 is 1.64 bits per heavy atom. The second-order valence-electron chi connectivity index (χ2n) is 3.69. The fourth-order valence-corrected chi connectivity index (χ4v) is 2.52. The molecule has 2 unspecified atom stereocenters. The Labute approximate surface area is 88.8 Å². The van der Waals surface area contributed by atoms with Crippen LogP contribution in [0.4, 0.5) is 0 Å². The number of hydrogen-bond donors (Lipinski definition) is 0. The van der Waals surface area contributed by atoms with E-state index in [1.807, 2.05) is 35.9 Å². The molecule has 4 heteroatoms. The largest absolute Gasteiger partial charge is 0.373 e. The van der Waals surface area contributed by atoms with Crippen molar-refractivity contribution < 1.29 is 4.74 Å². The Morgan fingerprint density at radius 3 is 3.14 bits per heavy atom. The first kappa shape index (κ1) is 10.1. The molecule has 2 heterocycles. The summed E-state index contributed by atoms with van der Waals surface area (Å²) < 4.78 is 7.58. The summed E-state index contributed by atoms with van der Waals surface area (Å²) in [5.74, 6) is 0. The second kappa shape index (κ2) is 4.36. The van der Waals surface area contributed by atoms with Crippen LogP contribution < -0.4 is 0 Å². The van der Waals surface area contributed by atoms with E-state index >= 15 is 0 Å². The van der Waals surface area contributed by atoms with Gasteiger partial charge in [-0.05, 0) is 19.1 Å². The summed E-state index contributed by atoms with van der Waals surface area (Å²) in [6, 6.07) is 0. The van der Waals surface area contributed by atoms with E-state index in [2.05, 4.69) is 11.4 Å². The van der Waals surface area contributed by atoms with E-state index in [0.29, 0.717) is 0 Å². The molecule has 0 N–H and O–H groups in total. The van der Waals surface area contributed by atoms with Crippen molar-refractivity contribution in [3.8, 4) is 0 Å². The quantitative estimate of drug-likeness (QED) is 0.750. The maximum atomic E-state index is 5.74. The van der Waals surface area contributed by atoms with E-state index in [-0.39, 0.29) is 6.10 Å². The van der Waals surface area contributed by atoms with Gasteiger partial charge in [0.1, 0.15) is 0 Å². The topological polar surface area (TPSA) is 27.1 Å². The van der Waals surface area contributed by atoms with Gasteiger partial charge in [-0.3, -0.25) is 4.68 Å². The van der Waals surface area contributed by atoms with Gasteiger partial charge in [0.05, 0.1) is 12.3 Å². The lowest BCUT2D eigenvalue weighted by Crippen LogP contribution is -2.21. The summed E-state index contributed by atoms with van der Waals surface area (Å²) in [6.45, 7) is 0.880. The molecule has 14 heavy (non-hydrogen) atoms. The molecule has 3 nitrogen and oxygen atoms in total. The minimum absolute atomic E-state index is 0.259. The van der Waals surface area contributed by atoms with Crippen LogP contribution in [0.25, 0.3) is 0 Å². The Morgan fingerprint density at radius 2 is 2.50 bits per heavy atom. The molecule has 78 valence electrons. The Kier molecular flexibility index (Phi) is 3.13. The monoisotopic (exact) mass is 212 g/mol. The van der Waals surface area contributed by atoms with Gasteiger partial charge in [-0.25, -0.2) is 0 Å². The fourth-order valence-electron chi connectivity index (χ4n) is 1.82. The summed E-state index contributed by atoms with van der Waals surface area (Å²) in [5, 5.41) is 4.92. The second-order valence-corrected chi connectivity index (χ2v) is 4.83. The van der Waals surface area contributed by atoms with Gasteiger partial charge in [0.15, 0.2) is 0 Å². The lowest BCUT2D eigenvalue weighted by Gasteiger charge is -2.27. The average Bonchev–Trinajstić information content (AvgIpc) is 2.65. The normalized spacial score (nSPS) is 27.9. The van der Waals surface area contributed by atoms with E-state index in [9.17, 15) is 0 Å². The molecule has 1 aliphatic rings. The van der Waals surface area contributed by atoms with Crippen molar-refractivity contribution >= 4 is 11.8 Å². The van der Waals surface area contributed by atoms with Crippen molar-refractivity contribution in [3.05, 3.63) is 18.0 Å². The number of thioether (sulfide) groups is 1. The Bertz CT molecular complexity index is 300. The van der Waals surface area contributed by atoms with E-state index in [1.165, 1.54) is 12.0 Å². The molecule has 1 aromatic rings. The van der Waals surface area contributed by atoms with Crippen molar-refractivity contribution in [1.29, 1.82) is 0 Å². The molecule has 2 atom stereocenters. The molecule has 0 bridgehead atoms. The zero-order valence-electron chi connectivity index (χ0n) is 8.64. The van der Waals surface area contributed by atoms with Gasteiger partial charge in [-0.1, -0.05) is 0 Å². The van der Waals surface area contributed by atoms with E-state index in [4.69, 9.17) is 4.74 Å². The third-order valence-corrected chi connectivity index (χ3v) is 3.76. The number of hydrogen-bond acceptors (Lipinski definition) is 3. The molecule has 1 aliphatic heterocycles. The van der Waals surface area contributed by atoms with Gasteiger partial charge in [0.25, 0.3) is 0 Å². The first-order chi connectivity index (χ1) is 6.79. The van der Waals surface area contributed by atoms with Crippen LogP contribution >= 0.6 is 11.8 Å². The minimum Gasteiger partial charge on any atom is -0.373 e. The van der Waals surface area contributed by atoms with Gasteiger partial charge >= 0.3 is 0 Å². The van der Waals surface area contributed by atoms with Gasteiger partial charge in [0, 0.05) is 30.7 Å². The maximum Gasteiger partial charge on any atom is 0.0865 e. The first-order valence-electron chi connectivity index (χ1n) is 4.92. The minimum atomic E-state index is 0.259. The van der Waals surface area contributed by atoms with Crippen molar-refractivity contribution in [1.82, 2.24) is 9.78 Å². The van der Waals surface area contributed by atoms with E-state index < -0.39 is 0 Å². The molecule has 0 radical (unpaired) electrons. The van der Waals surface area contributed by atoms with Crippen LogP contribution in [0.15, 0.2) is 12.4 Å². The Balaban J connectivity index is 2.04. The number of ether oxygens (including phenoxy) is 1. The molecule has 1 fully saturated rings. The first-order valence-corrected chi connectivity index (χ1v) is 6.21. The highest BCUT2D eigenvalue weighted by Crippen LogP contribution is 2.32. The summed E-state index contributed by atoms with van der Waals surface area (Å²) in [4.78, 5) is 0. The predicted molar refractivity (Wildman–Crippen MR) is 58.4 cm³/mol. The summed E-state index contributed by atoms with van der Waals surface area (Å²) in [5.41, 5.74) is 1.21. The lowest BCUT2D eigenvalue weighted by molar-refractivity contribution is 0.0178. The molecule has 2 rings (SSSR count). The van der Waals surface area contributed by atoms with Crippen molar-refractivity contribution in [2.45, 2.75) is 24.2 Å². The van der Waals surface area contributed by atoms with Crippen molar-refractivity contribution in [3.63, 3.8) is 0 Å². The number of rotatable bonds is 2. The molecule has 1 aromatic heterocycles. The van der Waals surface area contributed by atoms with Gasteiger partial charge < -0.3 is 4.74 Å². The number of aromatic nitrogens is 2. The van der Waals surface area contributed by atoms with E-state index in [1.54, 1.807) is 0 Å². The standard InChI is InChI=1S/C10H16N2OS/c1-12-7-8(6-11-12)10-5-9(14-2)3-4-13-10/h6-7,9-10H,3-5H2,1-2H3. The summed E-state index contributed by atoms with van der Waals surface area (Å²) >= 11 is 1.94.